The predicted octanol–water partition coefficient (Wildman–Crippen LogP) is 1.53. The van der Waals surface area contributed by atoms with Crippen LogP contribution in [0.25, 0.3) is 0 Å². The van der Waals surface area contributed by atoms with Crippen molar-refractivity contribution < 1.29 is 9.53 Å². The fourth-order valence-corrected chi connectivity index (χ4v) is 2.41. The van der Waals surface area contributed by atoms with Gasteiger partial charge in [-0.3, -0.25) is 4.90 Å². The van der Waals surface area contributed by atoms with Crippen molar-refractivity contribution in [2.45, 2.75) is 24.4 Å². The Balaban J connectivity index is 1.80. The molecule has 0 unspecified atom stereocenters. The first-order valence-corrected chi connectivity index (χ1v) is 6.38. The van der Waals surface area contributed by atoms with Gasteiger partial charge in [0, 0.05) is 12.2 Å². The molecule has 1 aromatic rings. The Hall–Kier alpha value is -2.06. The van der Waals surface area contributed by atoms with Crippen molar-refractivity contribution in [1.29, 1.82) is 5.26 Å². The molecule has 1 saturated heterocycles. The number of benzene rings is 1. The SMILES string of the molecule is N#CC1(c2ccc(N3C[C@H](CN)OC3=O)cc2)CC1. The summed E-state index contributed by atoms with van der Waals surface area (Å²) in [5.41, 5.74) is 7.04. The number of nitriles is 1. The molecule has 1 heterocycles. The summed E-state index contributed by atoms with van der Waals surface area (Å²) in [6.07, 6.45) is 1.25. The van der Waals surface area contributed by atoms with Gasteiger partial charge in [0.25, 0.3) is 0 Å². The Morgan fingerprint density at radius 1 is 1.42 bits per heavy atom. The smallest absolute Gasteiger partial charge is 0.414 e. The Bertz CT molecular complexity index is 543. The van der Waals surface area contributed by atoms with Crippen LogP contribution < -0.4 is 10.6 Å². The zero-order valence-electron chi connectivity index (χ0n) is 10.5. The van der Waals surface area contributed by atoms with Crippen LogP contribution in [-0.4, -0.2) is 25.3 Å². The largest absolute Gasteiger partial charge is 0.443 e. The molecule has 0 aromatic heterocycles. The van der Waals surface area contributed by atoms with Crippen LogP contribution in [-0.2, 0) is 10.2 Å². The van der Waals surface area contributed by atoms with Crippen LogP contribution in [0.1, 0.15) is 18.4 Å². The fourth-order valence-electron chi connectivity index (χ4n) is 2.41. The molecule has 19 heavy (non-hydrogen) atoms. The molecule has 1 amide bonds. The van der Waals surface area contributed by atoms with Crippen LogP contribution in [0.15, 0.2) is 24.3 Å². The molecule has 3 rings (SSSR count). The van der Waals surface area contributed by atoms with Crippen molar-refractivity contribution in [3.63, 3.8) is 0 Å². The molecule has 1 aliphatic heterocycles. The number of nitrogens with two attached hydrogens (primary N) is 1. The molecule has 1 aliphatic carbocycles. The van der Waals surface area contributed by atoms with Crippen LogP contribution in [0.4, 0.5) is 10.5 Å². The highest BCUT2D eigenvalue weighted by Crippen LogP contribution is 2.47. The molecule has 1 saturated carbocycles. The van der Waals surface area contributed by atoms with Crippen LogP contribution in [0, 0.1) is 11.3 Å². The van der Waals surface area contributed by atoms with Gasteiger partial charge in [-0.1, -0.05) is 12.1 Å². The maximum atomic E-state index is 11.7. The minimum absolute atomic E-state index is 0.235. The molecule has 98 valence electrons. The molecular formula is C14H15N3O2. The van der Waals surface area contributed by atoms with E-state index in [4.69, 9.17) is 15.7 Å². The van der Waals surface area contributed by atoms with Crippen molar-refractivity contribution in [2.75, 3.05) is 18.0 Å². The number of ether oxygens (including phenoxy) is 1. The molecule has 2 aliphatic rings. The van der Waals surface area contributed by atoms with Crippen molar-refractivity contribution in [3.05, 3.63) is 29.8 Å². The average Bonchev–Trinajstić information content (AvgIpc) is 3.16. The maximum absolute atomic E-state index is 11.7. The number of carbonyl (C=O) groups is 1. The Labute approximate surface area is 111 Å². The van der Waals surface area contributed by atoms with E-state index < -0.39 is 0 Å². The van der Waals surface area contributed by atoms with Crippen LogP contribution in [0.2, 0.25) is 0 Å². The predicted molar refractivity (Wildman–Crippen MR) is 69.6 cm³/mol. The molecule has 1 atom stereocenters. The van der Waals surface area contributed by atoms with Gasteiger partial charge >= 0.3 is 6.09 Å². The van der Waals surface area contributed by atoms with E-state index in [9.17, 15) is 4.79 Å². The van der Waals surface area contributed by atoms with E-state index in [1.807, 2.05) is 24.3 Å². The van der Waals surface area contributed by atoms with Crippen molar-refractivity contribution in [1.82, 2.24) is 0 Å². The van der Waals surface area contributed by atoms with E-state index >= 15 is 0 Å². The lowest BCUT2D eigenvalue weighted by Crippen LogP contribution is -2.27. The molecule has 1 aromatic carbocycles. The van der Waals surface area contributed by atoms with E-state index in [0.717, 1.165) is 24.1 Å². The number of hydrogen-bond donors (Lipinski definition) is 1. The Morgan fingerprint density at radius 2 is 2.11 bits per heavy atom. The molecule has 2 N–H and O–H groups in total. The first kappa shape index (κ1) is 12.0. The van der Waals surface area contributed by atoms with Crippen molar-refractivity contribution >= 4 is 11.8 Å². The van der Waals surface area contributed by atoms with Gasteiger partial charge in [-0.2, -0.15) is 5.26 Å². The lowest BCUT2D eigenvalue weighted by molar-refractivity contribution is 0.145. The summed E-state index contributed by atoms with van der Waals surface area (Å²) in [6, 6.07) is 9.95. The molecule has 0 bridgehead atoms. The third-order valence-corrected chi connectivity index (χ3v) is 3.83. The summed E-state index contributed by atoms with van der Waals surface area (Å²) >= 11 is 0. The van der Waals surface area contributed by atoms with Gasteiger partial charge in [-0.15, -0.1) is 0 Å². The summed E-state index contributed by atoms with van der Waals surface area (Å²) in [5, 5.41) is 9.15. The third-order valence-electron chi connectivity index (χ3n) is 3.83. The number of cyclic esters (lactones) is 1. The van der Waals surface area contributed by atoms with Gasteiger partial charge in [0.1, 0.15) is 6.10 Å². The molecule has 2 fully saturated rings. The second-order valence-electron chi connectivity index (χ2n) is 5.09. The normalized spacial score (nSPS) is 23.9. The number of rotatable bonds is 3. The monoisotopic (exact) mass is 257 g/mol. The second kappa shape index (κ2) is 4.25. The summed E-state index contributed by atoms with van der Waals surface area (Å²) in [6.45, 7) is 0.815. The summed E-state index contributed by atoms with van der Waals surface area (Å²) < 4.78 is 5.12. The summed E-state index contributed by atoms with van der Waals surface area (Å²) in [7, 11) is 0. The Morgan fingerprint density at radius 3 is 2.58 bits per heavy atom. The topological polar surface area (TPSA) is 79.3 Å². The quantitative estimate of drug-likeness (QED) is 0.890. The molecular weight excluding hydrogens is 242 g/mol. The van der Waals surface area contributed by atoms with Gasteiger partial charge in [0.15, 0.2) is 0 Å². The van der Waals surface area contributed by atoms with Gasteiger partial charge in [0.05, 0.1) is 18.0 Å². The van der Waals surface area contributed by atoms with E-state index in [1.165, 1.54) is 0 Å². The third kappa shape index (κ3) is 1.94. The second-order valence-corrected chi connectivity index (χ2v) is 5.09. The molecule has 0 spiro atoms. The minimum Gasteiger partial charge on any atom is -0.443 e. The lowest BCUT2D eigenvalue weighted by atomic mass is 9.97. The standard InChI is InChI=1S/C14H15N3O2/c15-7-12-8-17(13(18)19-12)11-3-1-10(2-4-11)14(9-16)5-6-14/h1-4,12H,5-8,15H2/t12-/m0/s1. The van der Waals surface area contributed by atoms with Gasteiger partial charge in [-0.25, -0.2) is 4.79 Å². The number of nitrogens with zero attached hydrogens (tertiary/aromatic N) is 2. The highest BCUT2D eigenvalue weighted by molar-refractivity contribution is 5.89. The summed E-state index contributed by atoms with van der Waals surface area (Å²) in [5.74, 6) is 0. The van der Waals surface area contributed by atoms with Gasteiger partial charge < -0.3 is 10.5 Å². The van der Waals surface area contributed by atoms with E-state index in [1.54, 1.807) is 4.90 Å². The van der Waals surface area contributed by atoms with E-state index in [-0.39, 0.29) is 17.6 Å². The zero-order valence-corrected chi connectivity index (χ0v) is 10.5. The summed E-state index contributed by atoms with van der Waals surface area (Å²) in [4.78, 5) is 13.3. The number of anilines is 1. The van der Waals surface area contributed by atoms with Crippen LogP contribution >= 0.6 is 0 Å². The number of carbonyl (C=O) groups excluding carboxylic acids is 1. The van der Waals surface area contributed by atoms with Gasteiger partial charge in [0.2, 0.25) is 0 Å². The van der Waals surface area contributed by atoms with Crippen LogP contribution in [0.3, 0.4) is 0 Å². The number of hydrogen-bond acceptors (Lipinski definition) is 4. The maximum Gasteiger partial charge on any atom is 0.414 e. The van der Waals surface area contributed by atoms with Crippen LogP contribution in [0.5, 0.6) is 0 Å². The highest BCUT2D eigenvalue weighted by atomic mass is 16.6. The lowest BCUT2D eigenvalue weighted by Gasteiger charge is -2.14. The van der Waals surface area contributed by atoms with Crippen molar-refractivity contribution in [2.24, 2.45) is 5.73 Å². The molecule has 5 heteroatoms. The first-order chi connectivity index (χ1) is 9.18. The first-order valence-electron chi connectivity index (χ1n) is 6.38. The van der Waals surface area contributed by atoms with E-state index in [0.29, 0.717) is 13.1 Å². The molecule has 5 nitrogen and oxygen atoms in total. The van der Waals surface area contributed by atoms with Gasteiger partial charge in [-0.05, 0) is 30.5 Å². The highest BCUT2D eigenvalue weighted by Gasteiger charge is 2.44. The fraction of sp³-hybridized carbons (Fsp3) is 0.429. The minimum atomic E-state index is -0.357. The average molecular weight is 257 g/mol. The molecule has 0 radical (unpaired) electrons. The van der Waals surface area contributed by atoms with E-state index in [2.05, 4.69) is 6.07 Å². The number of amides is 1. The van der Waals surface area contributed by atoms with Crippen molar-refractivity contribution in [3.8, 4) is 6.07 Å². The Kier molecular flexibility index (Phi) is 2.68. The zero-order chi connectivity index (χ0) is 13.5.